The summed E-state index contributed by atoms with van der Waals surface area (Å²) in [5, 5.41) is 36.6. The molecule has 1 amide bonds. The van der Waals surface area contributed by atoms with Crippen LogP contribution in [0.3, 0.4) is 0 Å². The number of carbonyl (C=O) groups excluding carboxylic acids is 1. The minimum absolute atomic E-state index is 0.263. The van der Waals surface area contributed by atoms with E-state index in [0.29, 0.717) is 17.0 Å². The van der Waals surface area contributed by atoms with Crippen LogP contribution in [-0.4, -0.2) is 37.1 Å². The van der Waals surface area contributed by atoms with Crippen molar-refractivity contribution in [3.05, 3.63) is 147 Å². The van der Waals surface area contributed by atoms with Crippen LogP contribution in [-0.2, 0) is 0 Å². The Morgan fingerprint density at radius 1 is 0.744 bits per heavy atom. The van der Waals surface area contributed by atoms with Crippen LogP contribution in [0.4, 0.5) is 17.3 Å². The number of allylic oxidation sites excluding steroid dienone is 1. The van der Waals surface area contributed by atoms with Gasteiger partial charge in [0, 0.05) is 23.4 Å². The monoisotopic (exact) mass is 571 g/mol. The predicted molar refractivity (Wildman–Crippen MR) is 161 cm³/mol. The van der Waals surface area contributed by atoms with E-state index < -0.39 is 32.7 Å². The highest BCUT2D eigenvalue weighted by molar-refractivity contribution is 6.08. The van der Waals surface area contributed by atoms with Crippen molar-refractivity contribution < 1.29 is 14.6 Å². The Hall–Kier alpha value is -6.43. The standard InChI is InChI=1S/C31H21N7O5/c39-30(26-19-18-25(37(40)41)21-27(26)38(42)43)36(32-20-10-13-22-11-4-1-5-12-22)31-33-28(23-14-6-2-7-15-23)29(34-35-31)24-16-8-3-9-17-24/h1-21H/b13-10-,32-20-. The van der Waals surface area contributed by atoms with Gasteiger partial charge in [-0.3, -0.25) is 25.0 Å². The first-order chi connectivity index (χ1) is 20.9. The van der Waals surface area contributed by atoms with Crippen LogP contribution < -0.4 is 5.01 Å². The Labute approximate surface area is 244 Å². The molecule has 0 N–H and O–H groups in total. The summed E-state index contributed by atoms with van der Waals surface area (Å²) in [4.78, 5) is 39.9. The molecule has 0 aliphatic heterocycles. The first kappa shape index (κ1) is 28.1. The van der Waals surface area contributed by atoms with Crippen LogP contribution in [0.25, 0.3) is 28.6 Å². The molecule has 0 aliphatic carbocycles. The number of benzene rings is 4. The number of carbonyl (C=O) groups is 1. The molecule has 210 valence electrons. The molecule has 0 fully saturated rings. The Bertz CT molecular complexity index is 1850. The van der Waals surface area contributed by atoms with Gasteiger partial charge in [-0.1, -0.05) is 97.1 Å². The lowest BCUT2D eigenvalue weighted by molar-refractivity contribution is -0.394. The van der Waals surface area contributed by atoms with Crippen molar-refractivity contribution in [3.63, 3.8) is 0 Å². The fourth-order valence-electron chi connectivity index (χ4n) is 4.09. The topological polar surface area (TPSA) is 158 Å². The van der Waals surface area contributed by atoms with Gasteiger partial charge in [0.1, 0.15) is 17.0 Å². The van der Waals surface area contributed by atoms with Gasteiger partial charge in [0.25, 0.3) is 23.2 Å². The highest BCUT2D eigenvalue weighted by Gasteiger charge is 2.30. The second-order valence-corrected chi connectivity index (χ2v) is 8.91. The fraction of sp³-hybridized carbons (Fsp3) is 0. The number of rotatable bonds is 9. The number of nitro groups is 2. The number of amides is 1. The Kier molecular flexibility index (Phi) is 8.39. The third-order valence-electron chi connectivity index (χ3n) is 6.13. The quantitative estimate of drug-likeness (QED) is 0.112. The lowest BCUT2D eigenvalue weighted by Crippen LogP contribution is -2.28. The smallest absolute Gasteiger partial charge is 0.266 e. The molecule has 0 atom stereocenters. The fourth-order valence-corrected chi connectivity index (χ4v) is 4.09. The lowest BCUT2D eigenvalue weighted by Gasteiger charge is -2.16. The van der Waals surface area contributed by atoms with Crippen LogP contribution >= 0.6 is 0 Å². The van der Waals surface area contributed by atoms with Crippen molar-refractivity contribution in [2.75, 3.05) is 5.01 Å². The molecule has 0 radical (unpaired) electrons. The minimum Gasteiger partial charge on any atom is -0.266 e. The summed E-state index contributed by atoms with van der Waals surface area (Å²) in [5.74, 6) is -1.25. The number of hydrogen-bond acceptors (Lipinski definition) is 9. The van der Waals surface area contributed by atoms with Crippen LogP contribution in [0.5, 0.6) is 0 Å². The number of nitrogens with zero attached hydrogens (tertiary/aromatic N) is 7. The first-order valence-corrected chi connectivity index (χ1v) is 12.8. The van der Waals surface area contributed by atoms with Gasteiger partial charge >= 0.3 is 0 Å². The van der Waals surface area contributed by atoms with E-state index in [1.54, 1.807) is 12.2 Å². The second kappa shape index (κ2) is 12.8. The van der Waals surface area contributed by atoms with Gasteiger partial charge in [0.2, 0.25) is 0 Å². The second-order valence-electron chi connectivity index (χ2n) is 8.91. The van der Waals surface area contributed by atoms with Gasteiger partial charge in [0.15, 0.2) is 0 Å². The molecule has 43 heavy (non-hydrogen) atoms. The molecule has 4 aromatic carbocycles. The molecule has 12 heteroatoms. The van der Waals surface area contributed by atoms with Crippen LogP contribution in [0.1, 0.15) is 15.9 Å². The Morgan fingerprint density at radius 3 is 1.95 bits per heavy atom. The Balaban J connectivity index is 1.64. The number of hydrogen-bond donors (Lipinski definition) is 0. The van der Waals surface area contributed by atoms with Crippen LogP contribution in [0.15, 0.2) is 120 Å². The van der Waals surface area contributed by atoms with E-state index in [2.05, 4.69) is 20.3 Å². The highest BCUT2D eigenvalue weighted by atomic mass is 16.6. The number of hydrazone groups is 1. The summed E-state index contributed by atoms with van der Waals surface area (Å²) in [6, 6.07) is 30.4. The van der Waals surface area contributed by atoms with E-state index in [4.69, 9.17) is 0 Å². The maximum absolute atomic E-state index is 13.8. The van der Waals surface area contributed by atoms with Gasteiger partial charge in [-0.15, -0.1) is 10.2 Å². The van der Waals surface area contributed by atoms with E-state index >= 15 is 0 Å². The molecule has 0 bridgehead atoms. The Morgan fingerprint density at radius 2 is 1.35 bits per heavy atom. The number of aromatic nitrogens is 3. The third-order valence-corrected chi connectivity index (χ3v) is 6.13. The largest absolute Gasteiger partial charge is 0.289 e. The SMILES string of the molecule is O=C(c1ccc([N+](=O)[O-])cc1[N+](=O)[O-])N(/N=C\C=C/c1ccccc1)c1nnc(-c2ccccc2)c(-c2ccccc2)n1. The van der Waals surface area contributed by atoms with Crippen molar-refractivity contribution in [2.24, 2.45) is 5.10 Å². The maximum Gasteiger partial charge on any atom is 0.289 e. The lowest BCUT2D eigenvalue weighted by atomic mass is 10.0. The van der Waals surface area contributed by atoms with E-state index in [9.17, 15) is 25.0 Å². The summed E-state index contributed by atoms with van der Waals surface area (Å²) in [5.41, 5.74) is 1.35. The molecule has 0 unspecified atom stereocenters. The molecule has 12 nitrogen and oxygen atoms in total. The van der Waals surface area contributed by atoms with Crippen molar-refractivity contribution in [1.82, 2.24) is 15.2 Å². The van der Waals surface area contributed by atoms with Crippen molar-refractivity contribution >= 4 is 35.5 Å². The van der Waals surface area contributed by atoms with E-state index in [0.717, 1.165) is 34.3 Å². The molecule has 0 saturated carbocycles. The zero-order chi connectivity index (χ0) is 30.2. The molecule has 1 aromatic heterocycles. The summed E-state index contributed by atoms with van der Waals surface area (Å²) >= 11 is 0. The molecular weight excluding hydrogens is 550 g/mol. The molecule has 5 aromatic rings. The normalized spacial score (nSPS) is 11.1. The van der Waals surface area contributed by atoms with Gasteiger partial charge in [0.05, 0.1) is 15.9 Å². The molecule has 0 aliphatic rings. The van der Waals surface area contributed by atoms with E-state index in [-0.39, 0.29) is 5.95 Å². The van der Waals surface area contributed by atoms with Gasteiger partial charge in [-0.05, 0) is 17.7 Å². The van der Waals surface area contributed by atoms with Gasteiger partial charge in [-0.2, -0.15) is 10.1 Å². The predicted octanol–water partition coefficient (Wildman–Crippen LogP) is 6.37. The molecule has 1 heterocycles. The average Bonchev–Trinajstić information content (AvgIpc) is 3.05. The van der Waals surface area contributed by atoms with Crippen LogP contribution in [0, 0.1) is 20.2 Å². The summed E-state index contributed by atoms with van der Waals surface area (Å²) in [6.07, 6.45) is 4.62. The van der Waals surface area contributed by atoms with Gasteiger partial charge in [-0.25, -0.2) is 4.98 Å². The third kappa shape index (κ3) is 6.49. The first-order valence-electron chi connectivity index (χ1n) is 12.8. The maximum atomic E-state index is 13.8. The summed E-state index contributed by atoms with van der Waals surface area (Å²) in [7, 11) is 0. The highest BCUT2D eigenvalue weighted by Crippen LogP contribution is 2.31. The van der Waals surface area contributed by atoms with Crippen LogP contribution in [0.2, 0.25) is 0 Å². The molecule has 5 rings (SSSR count). The average molecular weight is 572 g/mol. The molecular formula is C31H21N7O5. The summed E-state index contributed by atoms with van der Waals surface area (Å²) in [6.45, 7) is 0. The van der Waals surface area contributed by atoms with Crippen molar-refractivity contribution in [1.29, 1.82) is 0 Å². The van der Waals surface area contributed by atoms with E-state index in [1.807, 2.05) is 91.0 Å². The minimum atomic E-state index is -0.987. The van der Waals surface area contributed by atoms with E-state index in [1.165, 1.54) is 6.21 Å². The number of nitro benzene ring substituents is 2. The number of non-ortho nitro benzene ring substituents is 1. The zero-order valence-corrected chi connectivity index (χ0v) is 22.3. The van der Waals surface area contributed by atoms with Gasteiger partial charge < -0.3 is 0 Å². The molecule has 0 spiro atoms. The number of anilines is 1. The summed E-state index contributed by atoms with van der Waals surface area (Å²) < 4.78 is 0. The molecule has 0 saturated heterocycles. The van der Waals surface area contributed by atoms with Crippen molar-refractivity contribution in [3.8, 4) is 22.5 Å². The van der Waals surface area contributed by atoms with Crippen molar-refractivity contribution in [2.45, 2.75) is 0 Å². The zero-order valence-electron chi connectivity index (χ0n) is 22.3.